The predicted octanol–water partition coefficient (Wildman–Crippen LogP) is 3.61. The number of carbonyl (C=O) groups is 1. The van der Waals surface area contributed by atoms with Crippen LogP contribution in [0.25, 0.3) is 5.69 Å². The zero-order valence-electron chi connectivity index (χ0n) is 18.2. The molecular formula is C24H23N5O3S. The van der Waals surface area contributed by atoms with Crippen LogP contribution in [-0.4, -0.2) is 29.1 Å². The minimum absolute atomic E-state index is 0.197. The van der Waals surface area contributed by atoms with Crippen LogP contribution in [0, 0.1) is 13.8 Å². The molecule has 4 rings (SSSR count). The standard InChI is InChI=1S/C24H23N5O3S/c1-17-3-12-23(13-18(17)2)33(31,32)28-21-8-6-20(7-9-21)24(30)26-14-19-4-10-22(11-5-19)29-16-25-15-27-29/h3-13,15-16,28H,14H2,1-2H3,(H,26,30). The quantitative estimate of drug-likeness (QED) is 0.437. The van der Waals surface area contributed by atoms with Crippen molar-refractivity contribution in [2.75, 3.05) is 4.72 Å². The fraction of sp³-hybridized carbons (Fsp3) is 0.125. The van der Waals surface area contributed by atoms with Gasteiger partial charge < -0.3 is 5.32 Å². The van der Waals surface area contributed by atoms with Crippen molar-refractivity contribution >= 4 is 21.6 Å². The van der Waals surface area contributed by atoms with Crippen LogP contribution in [0.4, 0.5) is 5.69 Å². The summed E-state index contributed by atoms with van der Waals surface area (Å²) in [5.74, 6) is -0.251. The highest BCUT2D eigenvalue weighted by Crippen LogP contribution is 2.19. The van der Waals surface area contributed by atoms with Gasteiger partial charge in [0.25, 0.3) is 15.9 Å². The number of aromatic nitrogens is 3. The summed E-state index contributed by atoms with van der Waals surface area (Å²) >= 11 is 0. The van der Waals surface area contributed by atoms with Crippen LogP contribution in [0.5, 0.6) is 0 Å². The van der Waals surface area contributed by atoms with E-state index in [-0.39, 0.29) is 10.8 Å². The molecule has 0 bridgehead atoms. The van der Waals surface area contributed by atoms with Gasteiger partial charge in [-0.1, -0.05) is 18.2 Å². The summed E-state index contributed by atoms with van der Waals surface area (Å²) in [6.45, 7) is 4.15. The van der Waals surface area contributed by atoms with Crippen molar-refractivity contribution in [1.82, 2.24) is 20.1 Å². The lowest BCUT2D eigenvalue weighted by Gasteiger charge is -2.11. The smallest absolute Gasteiger partial charge is 0.261 e. The number of aryl methyl sites for hydroxylation is 2. The third kappa shape index (κ3) is 5.27. The Hall–Kier alpha value is -3.98. The predicted molar refractivity (Wildman–Crippen MR) is 126 cm³/mol. The van der Waals surface area contributed by atoms with Crippen LogP contribution in [-0.2, 0) is 16.6 Å². The van der Waals surface area contributed by atoms with Gasteiger partial charge in [-0.25, -0.2) is 18.1 Å². The van der Waals surface area contributed by atoms with Gasteiger partial charge in [-0.05, 0) is 79.1 Å². The molecule has 0 spiro atoms. The summed E-state index contributed by atoms with van der Waals surface area (Å²) in [6, 6.07) is 18.9. The van der Waals surface area contributed by atoms with Gasteiger partial charge in [0.15, 0.2) is 0 Å². The van der Waals surface area contributed by atoms with Crippen LogP contribution in [0.3, 0.4) is 0 Å². The topological polar surface area (TPSA) is 106 Å². The van der Waals surface area contributed by atoms with Gasteiger partial charge in [-0.15, -0.1) is 0 Å². The number of benzene rings is 3. The molecule has 0 unspecified atom stereocenters. The molecule has 9 heteroatoms. The van der Waals surface area contributed by atoms with E-state index in [2.05, 4.69) is 20.1 Å². The number of hydrogen-bond donors (Lipinski definition) is 2. The molecule has 1 heterocycles. The van der Waals surface area contributed by atoms with E-state index >= 15 is 0 Å². The number of carbonyl (C=O) groups excluding carboxylic acids is 1. The first-order valence-corrected chi connectivity index (χ1v) is 11.7. The van der Waals surface area contributed by atoms with E-state index in [1.165, 1.54) is 6.33 Å². The SMILES string of the molecule is Cc1ccc(S(=O)(=O)Nc2ccc(C(=O)NCc3ccc(-n4cncn4)cc3)cc2)cc1C. The van der Waals surface area contributed by atoms with Crippen LogP contribution in [0.2, 0.25) is 0 Å². The van der Waals surface area contributed by atoms with E-state index in [4.69, 9.17) is 0 Å². The normalized spacial score (nSPS) is 11.2. The molecule has 0 fully saturated rings. The summed E-state index contributed by atoms with van der Waals surface area (Å²) in [6.07, 6.45) is 3.08. The first-order valence-electron chi connectivity index (χ1n) is 10.2. The molecule has 0 saturated carbocycles. The second kappa shape index (κ2) is 9.25. The highest BCUT2D eigenvalue weighted by atomic mass is 32.2. The first kappa shape index (κ1) is 22.2. The van der Waals surface area contributed by atoms with Crippen LogP contribution < -0.4 is 10.0 Å². The van der Waals surface area contributed by atoms with Crippen molar-refractivity contribution in [1.29, 1.82) is 0 Å². The number of hydrogen-bond acceptors (Lipinski definition) is 5. The summed E-state index contributed by atoms with van der Waals surface area (Å²) < 4.78 is 29.5. The van der Waals surface area contributed by atoms with Gasteiger partial charge in [-0.2, -0.15) is 5.10 Å². The van der Waals surface area contributed by atoms with Crippen molar-refractivity contribution in [2.45, 2.75) is 25.3 Å². The van der Waals surface area contributed by atoms with Gasteiger partial charge in [0.2, 0.25) is 0 Å². The fourth-order valence-corrected chi connectivity index (χ4v) is 4.32. The zero-order valence-corrected chi connectivity index (χ0v) is 19.0. The molecular weight excluding hydrogens is 438 g/mol. The third-order valence-corrected chi connectivity index (χ3v) is 6.64. The lowest BCUT2D eigenvalue weighted by Crippen LogP contribution is -2.22. The van der Waals surface area contributed by atoms with E-state index in [0.29, 0.717) is 17.8 Å². The Balaban J connectivity index is 1.36. The van der Waals surface area contributed by atoms with E-state index in [0.717, 1.165) is 22.4 Å². The minimum atomic E-state index is -3.71. The monoisotopic (exact) mass is 461 g/mol. The van der Waals surface area contributed by atoms with Gasteiger partial charge in [-0.3, -0.25) is 9.52 Å². The van der Waals surface area contributed by atoms with Crippen molar-refractivity contribution in [3.63, 3.8) is 0 Å². The Bertz CT molecular complexity index is 1360. The van der Waals surface area contributed by atoms with E-state index in [1.807, 2.05) is 38.1 Å². The van der Waals surface area contributed by atoms with Crippen LogP contribution in [0.1, 0.15) is 27.0 Å². The molecule has 8 nitrogen and oxygen atoms in total. The van der Waals surface area contributed by atoms with Crippen molar-refractivity contribution in [3.8, 4) is 5.69 Å². The maximum Gasteiger partial charge on any atom is 0.261 e. The largest absolute Gasteiger partial charge is 0.348 e. The van der Waals surface area contributed by atoms with E-state index in [1.54, 1.807) is 53.5 Å². The molecule has 3 aromatic carbocycles. The lowest BCUT2D eigenvalue weighted by atomic mass is 10.1. The molecule has 0 aliphatic heterocycles. The number of anilines is 1. The Labute approximate surface area is 192 Å². The first-order chi connectivity index (χ1) is 15.8. The molecule has 168 valence electrons. The third-order valence-electron chi connectivity index (χ3n) is 5.26. The van der Waals surface area contributed by atoms with Crippen LogP contribution >= 0.6 is 0 Å². The van der Waals surface area contributed by atoms with Gasteiger partial charge in [0.1, 0.15) is 12.7 Å². The number of amides is 1. The lowest BCUT2D eigenvalue weighted by molar-refractivity contribution is 0.0951. The number of rotatable bonds is 7. The Morgan fingerprint density at radius 2 is 1.67 bits per heavy atom. The second-order valence-corrected chi connectivity index (χ2v) is 9.30. The highest BCUT2D eigenvalue weighted by molar-refractivity contribution is 7.92. The van der Waals surface area contributed by atoms with Crippen molar-refractivity contribution in [3.05, 3.63) is 102 Å². The summed E-state index contributed by atoms with van der Waals surface area (Å²) in [4.78, 5) is 16.6. The molecule has 0 atom stereocenters. The van der Waals surface area contributed by atoms with Crippen molar-refractivity contribution < 1.29 is 13.2 Å². The summed E-state index contributed by atoms with van der Waals surface area (Å²) in [5.41, 5.74) is 4.55. The molecule has 1 amide bonds. The Morgan fingerprint density at radius 3 is 2.30 bits per heavy atom. The van der Waals surface area contributed by atoms with Crippen molar-refractivity contribution in [2.24, 2.45) is 0 Å². The number of sulfonamides is 1. The molecule has 0 aliphatic rings. The average Bonchev–Trinajstić information content (AvgIpc) is 3.35. The molecule has 4 aromatic rings. The average molecular weight is 462 g/mol. The molecule has 33 heavy (non-hydrogen) atoms. The molecule has 1 aromatic heterocycles. The van der Waals surface area contributed by atoms with E-state index < -0.39 is 10.0 Å². The second-order valence-electron chi connectivity index (χ2n) is 7.62. The highest BCUT2D eigenvalue weighted by Gasteiger charge is 2.15. The van der Waals surface area contributed by atoms with Gasteiger partial charge >= 0.3 is 0 Å². The van der Waals surface area contributed by atoms with Crippen LogP contribution in [0.15, 0.2) is 84.3 Å². The molecule has 2 N–H and O–H groups in total. The minimum Gasteiger partial charge on any atom is -0.348 e. The fourth-order valence-electron chi connectivity index (χ4n) is 3.18. The maximum atomic E-state index is 12.6. The summed E-state index contributed by atoms with van der Waals surface area (Å²) in [5, 5.41) is 6.94. The molecule has 0 radical (unpaired) electrons. The van der Waals surface area contributed by atoms with Gasteiger partial charge in [0, 0.05) is 17.8 Å². The maximum absolute atomic E-state index is 12.6. The molecule has 0 saturated heterocycles. The van der Waals surface area contributed by atoms with E-state index in [9.17, 15) is 13.2 Å². The number of nitrogens with zero attached hydrogens (tertiary/aromatic N) is 3. The molecule has 0 aliphatic carbocycles. The number of nitrogens with one attached hydrogen (secondary N) is 2. The van der Waals surface area contributed by atoms with Gasteiger partial charge in [0.05, 0.1) is 10.6 Å². The Kier molecular flexibility index (Phi) is 6.23. The zero-order chi connectivity index (χ0) is 23.4. The summed E-state index contributed by atoms with van der Waals surface area (Å²) in [7, 11) is -3.71. The Morgan fingerprint density at radius 1 is 0.939 bits per heavy atom.